The van der Waals surface area contributed by atoms with E-state index in [-0.39, 0.29) is 35.2 Å². The van der Waals surface area contributed by atoms with Crippen molar-refractivity contribution in [2.45, 2.75) is 104 Å². The van der Waals surface area contributed by atoms with E-state index < -0.39 is 33.0 Å². The van der Waals surface area contributed by atoms with E-state index >= 15 is 0 Å². The molecule has 0 heterocycles. The Morgan fingerprint density at radius 3 is 2.29 bits per heavy atom. The fourth-order valence-electron chi connectivity index (χ4n) is 9.01. The van der Waals surface area contributed by atoms with Crippen molar-refractivity contribution < 1.29 is 39.4 Å². The smallest absolute Gasteiger partial charge is 0.390 e. The van der Waals surface area contributed by atoms with Gasteiger partial charge in [0, 0.05) is 0 Å². The van der Waals surface area contributed by atoms with Gasteiger partial charge in [0.1, 0.15) is 6.10 Å². The Labute approximate surface area is 228 Å². The SMILES string of the molecule is CC(C)CCC[C@@H](COS(=O)(=O)O)[C@H]1CCC2C3CC[C@@H]4[C@H](O)[C@H](OS(=O)(=O)O)CC[C@]4(C)C3=CC[C@@]21C. The predicted octanol–water partition coefficient (Wildman–Crippen LogP) is 4.99. The van der Waals surface area contributed by atoms with Crippen LogP contribution in [0.15, 0.2) is 11.6 Å². The van der Waals surface area contributed by atoms with Crippen LogP contribution in [0.1, 0.15) is 91.9 Å². The van der Waals surface area contributed by atoms with Gasteiger partial charge in [-0.3, -0.25) is 9.11 Å². The zero-order valence-electron chi connectivity index (χ0n) is 23.1. The molecule has 0 spiro atoms. The first-order valence-electron chi connectivity index (χ1n) is 14.2. The van der Waals surface area contributed by atoms with Crippen molar-refractivity contribution in [2.75, 3.05) is 6.61 Å². The number of hydrogen-bond acceptors (Lipinski definition) is 7. The second-order valence-corrected chi connectivity index (χ2v) is 15.4. The summed E-state index contributed by atoms with van der Waals surface area (Å²) in [5, 5.41) is 11.1. The van der Waals surface area contributed by atoms with Gasteiger partial charge >= 0.3 is 20.8 Å². The lowest BCUT2D eigenvalue weighted by molar-refractivity contribution is -0.100. The highest BCUT2D eigenvalue weighted by atomic mass is 32.3. The third-order valence-corrected chi connectivity index (χ3v) is 11.7. The average Bonchev–Trinajstić information content (AvgIpc) is 3.14. The highest BCUT2D eigenvalue weighted by Crippen LogP contribution is 2.66. The fraction of sp³-hybridized carbons (Fsp3) is 0.926. The summed E-state index contributed by atoms with van der Waals surface area (Å²) in [6.45, 7) is 8.89. The summed E-state index contributed by atoms with van der Waals surface area (Å²) >= 11 is 0. The molecule has 11 heteroatoms. The van der Waals surface area contributed by atoms with E-state index in [4.69, 9.17) is 8.37 Å². The highest BCUT2D eigenvalue weighted by Gasteiger charge is 2.60. The maximum atomic E-state index is 11.4. The highest BCUT2D eigenvalue weighted by molar-refractivity contribution is 7.81. The Kier molecular flexibility index (Phi) is 8.82. The summed E-state index contributed by atoms with van der Waals surface area (Å²) in [7, 11) is -9.14. The first-order valence-corrected chi connectivity index (χ1v) is 16.9. The molecular weight excluding hydrogens is 532 g/mol. The van der Waals surface area contributed by atoms with Crippen molar-refractivity contribution in [2.24, 2.45) is 46.3 Å². The van der Waals surface area contributed by atoms with Gasteiger partial charge in [-0.05, 0) is 97.7 Å². The Hall–Kier alpha value is -0.560. The Bertz CT molecular complexity index is 1100. The second kappa shape index (κ2) is 11.0. The van der Waals surface area contributed by atoms with Crippen LogP contribution in [0.4, 0.5) is 0 Å². The molecule has 0 aliphatic heterocycles. The second-order valence-electron chi connectivity index (χ2n) is 13.3. The van der Waals surface area contributed by atoms with Gasteiger partial charge in [-0.25, -0.2) is 8.37 Å². The molecule has 0 aromatic carbocycles. The molecule has 0 bridgehead atoms. The van der Waals surface area contributed by atoms with Crippen LogP contribution in [0.25, 0.3) is 0 Å². The molecule has 3 N–H and O–H groups in total. The molecule has 3 saturated carbocycles. The topological polar surface area (TPSA) is 147 Å². The molecular formula is C27H46O9S2. The van der Waals surface area contributed by atoms with Crippen molar-refractivity contribution in [1.29, 1.82) is 0 Å². The lowest BCUT2D eigenvalue weighted by Gasteiger charge is -2.58. The number of allylic oxidation sites excluding steroid dienone is 2. The van der Waals surface area contributed by atoms with E-state index in [9.17, 15) is 31.0 Å². The van der Waals surface area contributed by atoms with Gasteiger partial charge in [0.15, 0.2) is 0 Å². The zero-order chi connectivity index (χ0) is 28.1. The minimum Gasteiger partial charge on any atom is -0.390 e. The number of rotatable bonds is 10. The lowest BCUT2D eigenvalue weighted by atomic mass is 9.48. The minimum atomic E-state index is -4.64. The van der Waals surface area contributed by atoms with E-state index in [0.29, 0.717) is 30.6 Å². The zero-order valence-corrected chi connectivity index (χ0v) is 24.7. The summed E-state index contributed by atoms with van der Waals surface area (Å²) < 4.78 is 73.7. The van der Waals surface area contributed by atoms with Crippen molar-refractivity contribution in [3.8, 4) is 0 Å². The maximum absolute atomic E-state index is 11.4. The normalized spacial score (nSPS) is 40.3. The largest absolute Gasteiger partial charge is 0.397 e. The molecule has 220 valence electrons. The molecule has 38 heavy (non-hydrogen) atoms. The quantitative estimate of drug-likeness (QED) is 0.241. The van der Waals surface area contributed by atoms with Gasteiger partial charge in [0.25, 0.3) is 0 Å². The predicted molar refractivity (Wildman–Crippen MR) is 143 cm³/mol. The number of aliphatic hydroxyl groups is 1. The third-order valence-electron chi connectivity index (χ3n) is 10.7. The molecule has 0 amide bonds. The molecule has 0 aromatic rings. The standard InChI is InChI=1S/C27H46O9S2/c1-17(2)6-5-7-18(16-35-37(29,30)31)20-10-11-21-19-8-9-23-25(28)24(36-38(32,33)34)13-15-27(23,4)22(19)12-14-26(20,21)3/h12,17-21,23-25,28H,5-11,13-16H2,1-4H3,(H,29,30,31)(H,32,33,34)/t18-,19?,20+,21?,23+,24+,25-,26+,27+/m0/s1. The summed E-state index contributed by atoms with van der Waals surface area (Å²) in [5.74, 6) is 1.56. The van der Waals surface area contributed by atoms with Crippen LogP contribution < -0.4 is 0 Å². The Balaban J connectivity index is 1.55. The van der Waals surface area contributed by atoms with Crippen LogP contribution in [0.3, 0.4) is 0 Å². The molecule has 0 saturated heterocycles. The summed E-state index contributed by atoms with van der Waals surface area (Å²) in [4.78, 5) is 0. The third kappa shape index (κ3) is 6.19. The molecule has 4 aliphatic carbocycles. The van der Waals surface area contributed by atoms with E-state index in [1.165, 1.54) is 5.57 Å². The van der Waals surface area contributed by atoms with Crippen LogP contribution in [0.5, 0.6) is 0 Å². The van der Waals surface area contributed by atoms with Gasteiger partial charge < -0.3 is 5.11 Å². The van der Waals surface area contributed by atoms with Gasteiger partial charge in [-0.15, -0.1) is 0 Å². The van der Waals surface area contributed by atoms with Crippen LogP contribution in [-0.2, 0) is 29.2 Å². The Morgan fingerprint density at radius 2 is 1.66 bits per heavy atom. The van der Waals surface area contributed by atoms with Crippen LogP contribution in [0, 0.1) is 46.3 Å². The first-order chi connectivity index (χ1) is 17.6. The fourth-order valence-corrected chi connectivity index (χ4v) is 9.88. The van der Waals surface area contributed by atoms with E-state index in [1.807, 2.05) is 0 Å². The molecule has 9 nitrogen and oxygen atoms in total. The molecule has 4 aliphatic rings. The lowest BCUT2D eigenvalue weighted by Crippen LogP contribution is -2.55. The number of hydrogen-bond donors (Lipinski definition) is 3. The van der Waals surface area contributed by atoms with Gasteiger partial charge in [0.2, 0.25) is 0 Å². The molecule has 0 aromatic heterocycles. The van der Waals surface area contributed by atoms with Gasteiger partial charge in [-0.1, -0.05) is 52.2 Å². The number of aliphatic hydroxyl groups excluding tert-OH is 1. The molecule has 0 radical (unpaired) electrons. The maximum Gasteiger partial charge on any atom is 0.397 e. The van der Waals surface area contributed by atoms with E-state index in [0.717, 1.165) is 51.4 Å². The summed E-state index contributed by atoms with van der Waals surface area (Å²) in [6, 6.07) is 0. The summed E-state index contributed by atoms with van der Waals surface area (Å²) in [5.41, 5.74) is 1.10. The molecule has 4 rings (SSSR count). The van der Waals surface area contributed by atoms with E-state index in [2.05, 4.69) is 33.8 Å². The molecule has 9 atom stereocenters. The average molecular weight is 579 g/mol. The molecule has 2 unspecified atom stereocenters. The van der Waals surface area contributed by atoms with E-state index in [1.54, 1.807) is 0 Å². The molecule has 3 fully saturated rings. The van der Waals surface area contributed by atoms with Crippen molar-refractivity contribution in [3.05, 3.63) is 11.6 Å². The monoisotopic (exact) mass is 578 g/mol. The minimum absolute atomic E-state index is 0.00623. The first kappa shape index (κ1) is 30.4. The summed E-state index contributed by atoms with van der Waals surface area (Å²) in [6.07, 6.45) is 8.97. The van der Waals surface area contributed by atoms with Gasteiger partial charge in [-0.2, -0.15) is 16.8 Å². The van der Waals surface area contributed by atoms with Crippen molar-refractivity contribution in [1.82, 2.24) is 0 Å². The van der Waals surface area contributed by atoms with Crippen LogP contribution in [0.2, 0.25) is 0 Å². The van der Waals surface area contributed by atoms with Crippen LogP contribution >= 0.6 is 0 Å². The number of fused-ring (bicyclic) bond motifs is 5. The van der Waals surface area contributed by atoms with Crippen molar-refractivity contribution in [3.63, 3.8) is 0 Å². The van der Waals surface area contributed by atoms with Crippen LogP contribution in [-0.4, -0.2) is 49.9 Å². The van der Waals surface area contributed by atoms with Gasteiger partial charge in [0.05, 0.1) is 12.7 Å². The Morgan fingerprint density at radius 1 is 0.974 bits per heavy atom. The van der Waals surface area contributed by atoms with Crippen molar-refractivity contribution >= 4 is 20.8 Å².